The average Bonchev–Trinajstić information content (AvgIpc) is 3.04. The summed E-state index contributed by atoms with van der Waals surface area (Å²) in [5.41, 5.74) is 0.122. The monoisotopic (exact) mass is 331 g/mol. The Hall–Kier alpha value is -1.46. The molecule has 1 atom stereocenters. The van der Waals surface area contributed by atoms with Gasteiger partial charge < -0.3 is 14.9 Å². The Bertz CT molecular complexity index is 543. The summed E-state index contributed by atoms with van der Waals surface area (Å²) in [5.74, 6) is 0.461. The molecule has 1 aromatic rings. The molecule has 24 heavy (non-hydrogen) atoms. The van der Waals surface area contributed by atoms with E-state index in [0.717, 1.165) is 51.9 Å². The van der Waals surface area contributed by atoms with Crippen LogP contribution in [0.2, 0.25) is 0 Å². The fourth-order valence-electron chi connectivity index (χ4n) is 4.12. The summed E-state index contributed by atoms with van der Waals surface area (Å²) in [5, 5.41) is 10.7. The molecule has 1 unspecified atom stereocenters. The SMILES string of the molecule is CN(Cc1cccnc1)CC1CCN(C(=O)C2(O)CCCCC2)C1. The fourth-order valence-corrected chi connectivity index (χ4v) is 4.12. The molecule has 1 aliphatic carbocycles. The summed E-state index contributed by atoms with van der Waals surface area (Å²) in [7, 11) is 2.12. The second-order valence-corrected chi connectivity index (χ2v) is 7.56. The van der Waals surface area contributed by atoms with E-state index < -0.39 is 5.60 Å². The number of hydrogen-bond donors (Lipinski definition) is 1. The van der Waals surface area contributed by atoms with Crippen molar-refractivity contribution < 1.29 is 9.90 Å². The first kappa shape index (κ1) is 17.4. The van der Waals surface area contributed by atoms with Crippen molar-refractivity contribution in [2.75, 3.05) is 26.7 Å². The molecule has 1 N–H and O–H groups in total. The molecule has 2 aliphatic rings. The van der Waals surface area contributed by atoms with Crippen LogP contribution in [0.5, 0.6) is 0 Å². The van der Waals surface area contributed by atoms with Gasteiger partial charge in [-0.3, -0.25) is 9.78 Å². The van der Waals surface area contributed by atoms with Gasteiger partial charge >= 0.3 is 0 Å². The topological polar surface area (TPSA) is 56.7 Å². The van der Waals surface area contributed by atoms with E-state index >= 15 is 0 Å². The molecule has 1 amide bonds. The largest absolute Gasteiger partial charge is 0.380 e. The highest BCUT2D eigenvalue weighted by atomic mass is 16.3. The summed E-state index contributed by atoms with van der Waals surface area (Å²) in [6.45, 7) is 3.41. The number of carbonyl (C=O) groups is 1. The maximum Gasteiger partial charge on any atom is 0.254 e. The molecule has 1 aromatic heterocycles. The second kappa shape index (κ2) is 7.62. The van der Waals surface area contributed by atoms with Crippen LogP contribution in [0.15, 0.2) is 24.5 Å². The molecule has 132 valence electrons. The van der Waals surface area contributed by atoms with Crippen LogP contribution in [-0.4, -0.2) is 58.1 Å². The molecule has 1 aliphatic heterocycles. The molecule has 1 saturated carbocycles. The zero-order valence-corrected chi connectivity index (χ0v) is 14.7. The van der Waals surface area contributed by atoms with E-state index in [2.05, 4.69) is 23.0 Å². The zero-order valence-electron chi connectivity index (χ0n) is 14.7. The number of pyridine rings is 1. The number of hydrogen-bond acceptors (Lipinski definition) is 4. The van der Waals surface area contributed by atoms with Crippen molar-refractivity contribution in [2.45, 2.75) is 50.7 Å². The van der Waals surface area contributed by atoms with E-state index in [1.807, 2.05) is 17.2 Å². The first-order chi connectivity index (χ1) is 11.6. The number of likely N-dealkylation sites (tertiary alicyclic amines) is 1. The number of amides is 1. The number of carbonyl (C=O) groups excluding carboxylic acids is 1. The number of nitrogens with zero attached hydrogens (tertiary/aromatic N) is 3. The lowest BCUT2D eigenvalue weighted by Gasteiger charge is -2.34. The highest BCUT2D eigenvalue weighted by molar-refractivity contribution is 5.85. The van der Waals surface area contributed by atoms with E-state index in [4.69, 9.17) is 0 Å². The van der Waals surface area contributed by atoms with Gasteiger partial charge in [0, 0.05) is 38.6 Å². The van der Waals surface area contributed by atoms with Gasteiger partial charge in [0.15, 0.2) is 0 Å². The normalized spacial score (nSPS) is 23.6. The Balaban J connectivity index is 1.49. The Morgan fingerprint density at radius 2 is 2.21 bits per heavy atom. The van der Waals surface area contributed by atoms with Crippen LogP contribution in [0.1, 0.15) is 44.1 Å². The molecule has 2 fully saturated rings. The van der Waals surface area contributed by atoms with E-state index in [-0.39, 0.29) is 5.91 Å². The standard InChI is InChI=1S/C19H29N3O2/c1-21(13-16-6-5-10-20-12-16)14-17-7-11-22(15-17)18(23)19(24)8-3-2-4-9-19/h5-6,10,12,17,24H,2-4,7-9,11,13-15H2,1H3. The minimum absolute atomic E-state index is 0.0281. The minimum atomic E-state index is -1.09. The van der Waals surface area contributed by atoms with Gasteiger partial charge in [-0.25, -0.2) is 0 Å². The maximum absolute atomic E-state index is 12.7. The molecule has 0 radical (unpaired) electrons. The lowest BCUT2D eigenvalue weighted by molar-refractivity contribution is -0.153. The van der Waals surface area contributed by atoms with Crippen LogP contribution in [0.3, 0.4) is 0 Å². The van der Waals surface area contributed by atoms with Crippen molar-refractivity contribution in [3.8, 4) is 0 Å². The number of aromatic nitrogens is 1. The molecule has 3 rings (SSSR count). The van der Waals surface area contributed by atoms with E-state index in [1.54, 1.807) is 6.20 Å². The maximum atomic E-state index is 12.7. The Morgan fingerprint density at radius 3 is 2.92 bits per heavy atom. The van der Waals surface area contributed by atoms with Gasteiger partial charge in [0.05, 0.1) is 0 Å². The first-order valence-electron chi connectivity index (χ1n) is 9.16. The third kappa shape index (κ3) is 4.14. The van der Waals surface area contributed by atoms with Crippen LogP contribution >= 0.6 is 0 Å². The van der Waals surface area contributed by atoms with Gasteiger partial charge in [-0.2, -0.15) is 0 Å². The zero-order chi connectivity index (χ0) is 17.0. The summed E-state index contributed by atoms with van der Waals surface area (Å²) in [4.78, 5) is 21.0. The lowest BCUT2D eigenvalue weighted by Crippen LogP contribution is -2.49. The summed E-state index contributed by atoms with van der Waals surface area (Å²) in [6.07, 6.45) is 9.05. The molecule has 2 heterocycles. The summed E-state index contributed by atoms with van der Waals surface area (Å²) < 4.78 is 0. The summed E-state index contributed by atoms with van der Waals surface area (Å²) in [6, 6.07) is 4.05. The molecule has 0 bridgehead atoms. The predicted molar refractivity (Wildman–Crippen MR) is 93.3 cm³/mol. The van der Waals surface area contributed by atoms with E-state index in [9.17, 15) is 9.90 Å². The van der Waals surface area contributed by atoms with Gasteiger partial charge in [0.2, 0.25) is 0 Å². The van der Waals surface area contributed by atoms with Crippen molar-refractivity contribution in [1.82, 2.24) is 14.8 Å². The second-order valence-electron chi connectivity index (χ2n) is 7.56. The van der Waals surface area contributed by atoms with Crippen LogP contribution in [0.4, 0.5) is 0 Å². The Labute approximate surface area is 144 Å². The van der Waals surface area contributed by atoms with Crippen molar-refractivity contribution in [2.24, 2.45) is 5.92 Å². The molecule has 1 saturated heterocycles. The minimum Gasteiger partial charge on any atom is -0.380 e. The summed E-state index contributed by atoms with van der Waals surface area (Å²) >= 11 is 0. The molecule has 5 heteroatoms. The van der Waals surface area contributed by atoms with Gasteiger partial charge in [0.1, 0.15) is 5.60 Å². The third-order valence-electron chi connectivity index (χ3n) is 5.40. The highest BCUT2D eigenvalue weighted by Gasteiger charge is 2.42. The fraction of sp³-hybridized carbons (Fsp3) is 0.684. The van der Waals surface area contributed by atoms with E-state index in [1.165, 1.54) is 5.56 Å². The average molecular weight is 331 g/mol. The van der Waals surface area contributed by atoms with Crippen LogP contribution in [0, 0.1) is 5.92 Å². The van der Waals surface area contributed by atoms with Gasteiger partial charge in [-0.15, -0.1) is 0 Å². The highest BCUT2D eigenvalue weighted by Crippen LogP contribution is 2.31. The quantitative estimate of drug-likeness (QED) is 0.897. The Morgan fingerprint density at radius 1 is 1.42 bits per heavy atom. The van der Waals surface area contributed by atoms with Crippen molar-refractivity contribution in [1.29, 1.82) is 0 Å². The van der Waals surface area contributed by atoms with Gasteiger partial charge in [-0.05, 0) is 43.9 Å². The molecule has 0 aromatic carbocycles. The number of rotatable bonds is 5. The van der Waals surface area contributed by atoms with Crippen LogP contribution in [-0.2, 0) is 11.3 Å². The first-order valence-corrected chi connectivity index (χ1v) is 9.16. The van der Waals surface area contributed by atoms with Gasteiger partial charge in [-0.1, -0.05) is 25.3 Å². The molecule has 5 nitrogen and oxygen atoms in total. The molecular weight excluding hydrogens is 302 g/mol. The van der Waals surface area contributed by atoms with Crippen molar-refractivity contribution in [3.63, 3.8) is 0 Å². The smallest absolute Gasteiger partial charge is 0.254 e. The molecular formula is C19H29N3O2. The van der Waals surface area contributed by atoms with Crippen LogP contribution in [0.25, 0.3) is 0 Å². The van der Waals surface area contributed by atoms with E-state index in [0.29, 0.717) is 18.8 Å². The van der Waals surface area contributed by atoms with Crippen LogP contribution < -0.4 is 0 Å². The van der Waals surface area contributed by atoms with Gasteiger partial charge in [0.25, 0.3) is 5.91 Å². The lowest BCUT2D eigenvalue weighted by atomic mass is 9.84. The van der Waals surface area contributed by atoms with Crippen molar-refractivity contribution >= 4 is 5.91 Å². The predicted octanol–water partition coefficient (Wildman–Crippen LogP) is 2.06. The Kier molecular flexibility index (Phi) is 5.51. The van der Waals surface area contributed by atoms with Crippen molar-refractivity contribution in [3.05, 3.63) is 30.1 Å². The number of aliphatic hydroxyl groups is 1. The molecule has 0 spiro atoms. The third-order valence-corrected chi connectivity index (χ3v) is 5.40.